The summed E-state index contributed by atoms with van der Waals surface area (Å²) in [4.78, 5) is 12.1. The van der Waals surface area contributed by atoms with Gasteiger partial charge in [0, 0.05) is 29.2 Å². The number of rotatable bonds is 3. The highest BCUT2D eigenvalue weighted by atomic mass is 19.4. The van der Waals surface area contributed by atoms with Gasteiger partial charge in [0.05, 0.1) is 12.1 Å². The second kappa shape index (κ2) is 7.83. The van der Waals surface area contributed by atoms with Gasteiger partial charge in [-0.25, -0.2) is 0 Å². The van der Waals surface area contributed by atoms with E-state index in [0.29, 0.717) is 5.56 Å². The van der Waals surface area contributed by atoms with Crippen LogP contribution in [0.3, 0.4) is 0 Å². The summed E-state index contributed by atoms with van der Waals surface area (Å²) >= 11 is 0. The minimum atomic E-state index is -4.46. The van der Waals surface area contributed by atoms with Crippen LogP contribution < -0.4 is 5.32 Å². The monoisotopic (exact) mass is 368 g/mol. The first-order valence-corrected chi connectivity index (χ1v) is 8.12. The summed E-state index contributed by atoms with van der Waals surface area (Å²) in [5.74, 6) is 4.69. The predicted molar refractivity (Wildman–Crippen MR) is 96.4 cm³/mol. The van der Waals surface area contributed by atoms with Gasteiger partial charge in [-0.2, -0.15) is 13.2 Å². The molecule has 0 unspecified atom stereocenters. The number of amides is 1. The molecule has 0 aliphatic carbocycles. The fraction of sp³-hybridized carbons (Fsp3) is 0.0952. The Bertz CT molecular complexity index is 979. The van der Waals surface area contributed by atoms with Gasteiger partial charge in [-0.05, 0) is 48.5 Å². The molecule has 0 saturated heterocycles. The number of halogens is 3. The van der Waals surface area contributed by atoms with Crippen molar-refractivity contribution in [3.63, 3.8) is 0 Å². The molecule has 0 fully saturated rings. The van der Waals surface area contributed by atoms with E-state index in [1.54, 1.807) is 24.3 Å². The van der Waals surface area contributed by atoms with E-state index < -0.39 is 11.7 Å². The van der Waals surface area contributed by atoms with Gasteiger partial charge < -0.3 is 9.88 Å². The van der Waals surface area contributed by atoms with E-state index in [2.05, 4.69) is 17.2 Å². The first-order chi connectivity index (χ1) is 12.9. The topological polar surface area (TPSA) is 34.0 Å². The molecule has 0 aliphatic heterocycles. The maximum absolute atomic E-state index is 12.9. The van der Waals surface area contributed by atoms with Crippen molar-refractivity contribution in [2.45, 2.75) is 6.18 Å². The number of hydrogen-bond donors (Lipinski definition) is 1. The standard InChI is InChI=1S/C21H15F3N2O/c22-21(23,24)19-8-2-1-6-16(19)7-5-13-25-20(27)17-9-11-18(12-10-17)26-14-3-4-15-26/h1-4,6,8-12,14-15H,13H2,(H,25,27). The van der Waals surface area contributed by atoms with E-state index in [1.807, 2.05) is 29.1 Å². The highest BCUT2D eigenvalue weighted by Crippen LogP contribution is 2.31. The predicted octanol–water partition coefficient (Wildman–Crippen LogP) is 4.28. The molecule has 3 rings (SSSR count). The lowest BCUT2D eigenvalue weighted by Gasteiger charge is -2.08. The Morgan fingerprint density at radius 2 is 1.63 bits per heavy atom. The second-order valence-electron chi connectivity index (χ2n) is 5.66. The van der Waals surface area contributed by atoms with Gasteiger partial charge in [-0.1, -0.05) is 24.0 Å². The van der Waals surface area contributed by atoms with Crippen LogP contribution in [0.4, 0.5) is 13.2 Å². The summed E-state index contributed by atoms with van der Waals surface area (Å²) in [5.41, 5.74) is 0.461. The molecule has 1 N–H and O–H groups in total. The zero-order valence-electron chi connectivity index (χ0n) is 14.1. The molecular weight excluding hydrogens is 353 g/mol. The Morgan fingerprint density at radius 3 is 2.30 bits per heavy atom. The van der Waals surface area contributed by atoms with Crippen molar-refractivity contribution in [3.8, 4) is 17.5 Å². The molecule has 0 spiro atoms. The maximum atomic E-state index is 12.9. The third-order valence-corrected chi connectivity index (χ3v) is 3.82. The first kappa shape index (κ1) is 18.3. The highest BCUT2D eigenvalue weighted by Gasteiger charge is 2.32. The Morgan fingerprint density at radius 1 is 0.963 bits per heavy atom. The molecule has 0 radical (unpaired) electrons. The maximum Gasteiger partial charge on any atom is 0.417 e. The summed E-state index contributed by atoms with van der Waals surface area (Å²) in [5, 5.41) is 2.58. The molecule has 3 nitrogen and oxygen atoms in total. The van der Waals surface area contributed by atoms with Crippen LogP contribution in [0, 0.1) is 11.8 Å². The molecule has 3 aromatic rings. The molecule has 2 aromatic carbocycles. The number of carbonyl (C=O) groups excluding carboxylic acids is 1. The van der Waals surface area contributed by atoms with Crippen molar-refractivity contribution in [2.75, 3.05) is 6.54 Å². The molecule has 6 heteroatoms. The smallest absolute Gasteiger partial charge is 0.341 e. The van der Waals surface area contributed by atoms with Crippen LogP contribution in [-0.2, 0) is 6.18 Å². The minimum Gasteiger partial charge on any atom is -0.341 e. The second-order valence-corrected chi connectivity index (χ2v) is 5.66. The third-order valence-electron chi connectivity index (χ3n) is 3.82. The van der Waals surface area contributed by atoms with Gasteiger partial charge in [-0.15, -0.1) is 0 Å². The molecule has 27 heavy (non-hydrogen) atoms. The van der Waals surface area contributed by atoms with E-state index in [0.717, 1.165) is 11.8 Å². The average molecular weight is 368 g/mol. The van der Waals surface area contributed by atoms with Crippen molar-refractivity contribution in [1.29, 1.82) is 0 Å². The number of nitrogens with zero attached hydrogens (tertiary/aromatic N) is 1. The molecular formula is C21H15F3N2O. The number of carbonyl (C=O) groups is 1. The zero-order chi connectivity index (χ0) is 19.3. The molecule has 0 aliphatic rings. The van der Waals surface area contributed by atoms with Crippen LogP contribution in [0.2, 0.25) is 0 Å². The SMILES string of the molecule is O=C(NCC#Cc1ccccc1C(F)(F)F)c1ccc(-n2cccc2)cc1. The van der Waals surface area contributed by atoms with E-state index in [-0.39, 0.29) is 18.0 Å². The number of aromatic nitrogens is 1. The third kappa shape index (κ3) is 4.59. The fourth-order valence-corrected chi connectivity index (χ4v) is 2.50. The summed E-state index contributed by atoms with van der Waals surface area (Å²) < 4.78 is 40.6. The summed E-state index contributed by atoms with van der Waals surface area (Å²) in [7, 11) is 0. The fourth-order valence-electron chi connectivity index (χ4n) is 2.50. The van der Waals surface area contributed by atoms with Gasteiger partial charge >= 0.3 is 6.18 Å². The van der Waals surface area contributed by atoms with Crippen LogP contribution in [0.15, 0.2) is 73.1 Å². The Hall–Kier alpha value is -3.46. The molecule has 0 saturated carbocycles. The van der Waals surface area contributed by atoms with Crippen molar-refractivity contribution in [1.82, 2.24) is 9.88 Å². The van der Waals surface area contributed by atoms with E-state index in [4.69, 9.17) is 0 Å². The van der Waals surface area contributed by atoms with Gasteiger partial charge in [0.1, 0.15) is 0 Å². The van der Waals surface area contributed by atoms with E-state index in [1.165, 1.54) is 18.2 Å². The van der Waals surface area contributed by atoms with Crippen LogP contribution in [0.5, 0.6) is 0 Å². The largest absolute Gasteiger partial charge is 0.417 e. The van der Waals surface area contributed by atoms with Gasteiger partial charge in [0.2, 0.25) is 0 Å². The number of nitrogens with one attached hydrogen (secondary N) is 1. The van der Waals surface area contributed by atoms with Crippen molar-refractivity contribution in [2.24, 2.45) is 0 Å². The van der Waals surface area contributed by atoms with Crippen LogP contribution >= 0.6 is 0 Å². The molecule has 0 atom stereocenters. The molecule has 1 amide bonds. The number of alkyl halides is 3. The van der Waals surface area contributed by atoms with Crippen LogP contribution in [0.1, 0.15) is 21.5 Å². The first-order valence-electron chi connectivity index (χ1n) is 8.12. The molecule has 1 aromatic heterocycles. The summed E-state index contributed by atoms with van der Waals surface area (Å²) in [6.45, 7) is -0.0512. The quantitative estimate of drug-likeness (QED) is 0.688. The van der Waals surface area contributed by atoms with Crippen LogP contribution in [-0.4, -0.2) is 17.0 Å². The average Bonchev–Trinajstić information content (AvgIpc) is 3.19. The minimum absolute atomic E-state index is 0.0512. The Balaban J connectivity index is 1.62. The number of hydrogen-bond acceptors (Lipinski definition) is 1. The van der Waals surface area contributed by atoms with Gasteiger partial charge in [0.15, 0.2) is 0 Å². The lowest BCUT2D eigenvalue weighted by atomic mass is 10.1. The van der Waals surface area contributed by atoms with E-state index >= 15 is 0 Å². The number of benzene rings is 2. The lowest BCUT2D eigenvalue weighted by molar-refractivity contribution is -0.137. The Labute approximate surface area is 154 Å². The van der Waals surface area contributed by atoms with Gasteiger partial charge in [-0.3, -0.25) is 4.79 Å². The molecule has 1 heterocycles. The summed E-state index contributed by atoms with van der Waals surface area (Å²) in [6, 6.07) is 15.9. The zero-order valence-corrected chi connectivity index (χ0v) is 14.1. The highest BCUT2D eigenvalue weighted by molar-refractivity contribution is 5.94. The normalized spacial score (nSPS) is 10.8. The van der Waals surface area contributed by atoms with Crippen LogP contribution in [0.25, 0.3) is 5.69 Å². The van der Waals surface area contributed by atoms with Crippen molar-refractivity contribution < 1.29 is 18.0 Å². The van der Waals surface area contributed by atoms with Crippen molar-refractivity contribution >= 4 is 5.91 Å². The van der Waals surface area contributed by atoms with E-state index in [9.17, 15) is 18.0 Å². The molecule has 0 bridgehead atoms. The lowest BCUT2D eigenvalue weighted by Crippen LogP contribution is -2.23. The van der Waals surface area contributed by atoms with Gasteiger partial charge in [0.25, 0.3) is 5.91 Å². The Kier molecular flexibility index (Phi) is 5.32. The van der Waals surface area contributed by atoms with Crippen molar-refractivity contribution in [3.05, 3.63) is 89.7 Å². The summed E-state index contributed by atoms with van der Waals surface area (Å²) in [6.07, 6.45) is -0.678. The molecule has 136 valence electrons.